The predicted octanol–water partition coefficient (Wildman–Crippen LogP) is 0.719. The van der Waals surface area contributed by atoms with Gasteiger partial charge in [-0.15, -0.1) is 0 Å². The summed E-state index contributed by atoms with van der Waals surface area (Å²) >= 11 is 0. The second-order valence-electron chi connectivity index (χ2n) is 4.99. The summed E-state index contributed by atoms with van der Waals surface area (Å²) < 4.78 is 0. The molecule has 6 heteroatoms. The zero-order chi connectivity index (χ0) is 13.7. The molecule has 1 aromatic rings. The van der Waals surface area contributed by atoms with Crippen molar-refractivity contribution in [3.8, 4) is 0 Å². The van der Waals surface area contributed by atoms with E-state index < -0.39 is 5.91 Å². The Morgan fingerprint density at radius 1 is 1.58 bits per heavy atom. The van der Waals surface area contributed by atoms with E-state index in [9.17, 15) is 4.79 Å². The van der Waals surface area contributed by atoms with Crippen molar-refractivity contribution in [2.45, 2.75) is 19.8 Å². The molecule has 1 fully saturated rings. The molecule has 0 radical (unpaired) electrons. The number of primary amides is 1. The van der Waals surface area contributed by atoms with E-state index >= 15 is 0 Å². The first-order chi connectivity index (χ1) is 9.19. The highest BCUT2D eigenvalue weighted by molar-refractivity contribution is 5.90. The lowest BCUT2D eigenvalue weighted by molar-refractivity contribution is 0.0995. The van der Waals surface area contributed by atoms with Gasteiger partial charge in [-0.2, -0.15) is 0 Å². The Morgan fingerprint density at radius 2 is 2.42 bits per heavy atom. The minimum absolute atomic E-state index is 0.198. The smallest absolute Gasteiger partial charge is 0.268 e. The monoisotopic (exact) mass is 263 g/mol. The van der Waals surface area contributed by atoms with Gasteiger partial charge in [0.1, 0.15) is 11.5 Å². The zero-order valence-corrected chi connectivity index (χ0v) is 11.3. The van der Waals surface area contributed by atoms with Crippen LogP contribution in [0.5, 0.6) is 0 Å². The van der Waals surface area contributed by atoms with Crippen molar-refractivity contribution in [2.24, 2.45) is 11.7 Å². The number of hydrogen-bond acceptors (Lipinski definition) is 5. The first-order valence-corrected chi connectivity index (χ1v) is 6.77. The molecule has 2 heterocycles. The molecular weight excluding hydrogens is 242 g/mol. The molecule has 104 valence electrons. The average Bonchev–Trinajstić information content (AvgIpc) is 2.85. The summed E-state index contributed by atoms with van der Waals surface area (Å²) in [6, 6.07) is 0. The summed E-state index contributed by atoms with van der Waals surface area (Å²) in [6.45, 7) is 6.54. The maximum absolute atomic E-state index is 11.0. The van der Waals surface area contributed by atoms with Gasteiger partial charge in [-0.1, -0.05) is 6.92 Å². The lowest BCUT2D eigenvalue weighted by atomic mass is 10.1. The summed E-state index contributed by atoms with van der Waals surface area (Å²) in [5, 5.41) is 3.24. The van der Waals surface area contributed by atoms with E-state index in [0.717, 1.165) is 13.1 Å². The van der Waals surface area contributed by atoms with Crippen molar-refractivity contribution in [1.82, 2.24) is 14.9 Å². The molecule has 0 saturated carbocycles. The molecule has 0 aromatic carbocycles. The molecule has 2 rings (SSSR count). The van der Waals surface area contributed by atoms with E-state index in [-0.39, 0.29) is 5.69 Å². The fourth-order valence-electron chi connectivity index (χ4n) is 2.42. The number of anilines is 1. The van der Waals surface area contributed by atoms with Gasteiger partial charge in [0.25, 0.3) is 5.91 Å². The predicted molar refractivity (Wildman–Crippen MR) is 73.9 cm³/mol. The van der Waals surface area contributed by atoms with Crippen LogP contribution >= 0.6 is 0 Å². The number of rotatable bonds is 6. The van der Waals surface area contributed by atoms with Crippen LogP contribution in [-0.2, 0) is 0 Å². The van der Waals surface area contributed by atoms with Gasteiger partial charge in [0.2, 0.25) is 0 Å². The first-order valence-electron chi connectivity index (χ1n) is 6.77. The zero-order valence-electron chi connectivity index (χ0n) is 11.3. The normalized spacial score (nSPS) is 19.5. The molecule has 1 saturated heterocycles. The number of aromatic nitrogens is 2. The highest BCUT2D eigenvalue weighted by Crippen LogP contribution is 2.16. The van der Waals surface area contributed by atoms with Crippen LogP contribution in [0.25, 0.3) is 0 Å². The second kappa shape index (κ2) is 6.47. The van der Waals surface area contributed by atoms with Crippen LogP contribution in [0.4, 0.5) is 5.82 Å². The van der Waals surface area contributed by atoms with Crippen molar-refractivity contribution >= 4 is 11.7 Å². The molecule has 6 nitrogen and oxygen atoms in total. The fraction of sp³-hybridized carbons (Fsp3) is 0.615. The Bertz CT molecular complexity index is 437. The standard InChI is InChI=1S/C13H21N5O/c1-2-4-18-5-3-10(9-18)6-16-12-8-15-7-11(17-12)13(14)19/h7-8,10H,2-6,9H2,1H3,(H2,14,19)(H,16,17)/t10-/m0/s1. The number of carbonyl (C=O) groups is 1. The van der Waals surface area contributed by atoms with Crippen LogP contribution in [0.3, 0.4) is 0 Å². The summed E-state index contributed by atoms with van der Waals surface area (Å²) in [6.07, 6.45) is 5.40. The lowest BCUT2D eigenvalue weighted by Gasteiger charge is -2.15. The van der Waals surface area contributed by atoms with Crippen LogP contribution in [0, 0.1) is 5.92 Å². The van der Waals surface area contributed by atoms with Gasteiger partial charge in [-0.25, -0.2) is 4.98 Å². The molecule has 0 spiro atoms. The van der Waals surface area contributed by atoms with Gasteiger partial charge in [-0.05, 0) is 31.8 Å². The molecule has 1 amide bonds. The minimum Gasteiger partial charge on any atom is -0.368 e. The SMILES string of the molecule is CCCN1CC[C@@H](CNc2cncc(C(N)=O)n2)C1. The largest absolute Gasteiger partial charge is 0.368 e. The fourth-order valence-corrected chi connectivity index (χ4v) is 2.42. The molecule has 1 aromatic heterocycles. The summed E-state index contributed by atoms with van der Waals surface area (Å²) in [5.41, 5.74) is 5.37. The Hall–Kier alpha value is -1.69. The average molecular weight is 263 g/mol. The molecule has 1 aliphatic rings. The summed E-state index contributed by atoms with van der Waals surface area (Å²) in [4.78, 5) is 21.6. The molecule has 1 aliphatic heterocycles. The van der Waals surface area contributed by atoms with Gasteiger partial charge in [-0.3, -0.25) is 9.78 Å². The van der Waals surface area contributed by atoms with Crippen molar-refractivity contribution in [1.29, 1.82) is 0 Å². The number of amides is 1. The first kappa shape index (κ1) is 13.7. The lowest BCUT2D eigenvalue weighted by Crippen LogP contribution is -2.24. The Labute approximate surface area is 113 Å². The highest BCUT2D eigenvalue weighted by Gasteiger charge is 2.21. The van der Waals surface area contributed by atoms with Crippen LogP contribution in [0.2, 0.25) is 0 Å². The maximum Gasteiger partial charge on any atom is 0.268 e. The Kier molecular flexibility index (Phi) is 4.68. The maximum atomic E-state index is 11.0. The Balaban J connectivity index is 1.83. The third-order valence-electron chi connectivity index (χ3n) is 3.37. The van der Waals surface area contributed by atoms with Crippen LogP contribution in [0.1, 0.15) is 30.3 Å². The molecule has 0 aliphatic carbocycles. The van der Waals surface area contributed by atoms with E-state index in [1.807, 2.05) is 0 Å². The van der Waals surface area contributed by atoms with Gasteiger partial charge < -0.3 is 16.0 Å². The quantitative estimate of drug-likeness (QED) is 0.790. The van der Waals surface area contributed by atoms with Crippen LogP contribution < -0.4 is 11.1 Å². The molecule has 19 heavy (non-hydrogen) atoms. The number of hydrogen-bond donors (Lipinski definition) is 2. The Morgan fingerprint density at radius 3 is 3.16 bits per heavy atom. The molecule has 0 unspecified atom stereocenters. The van der Waals surface area contributed by atoms with Crippen molar-refractivity contribution in [2.75, 3.05) is 31.5 Å². The van der Waals surface area contributed by atoms with Crippen molar-refractivity contribution in [3.05, 3.63) is 18.1 Å². The minimum atomic E-state index is -0.550. The third kappa shape index (κ3) is 3.89. The van der Waals surface area contributed by atoms with Gasteiger partial charge in [0.15, 0.2) is 0 Å². The van der Waals surface area contributed by atoms with E-state index in [1.165, 1.54) is 32.1 Å². The second-order valence-corrected chi connectivity index (χ2v) is 4.99. The third-order valence-corrected chi connectivity index (χ3v) is 3.37. The highest BCUT2D eigenvalue weighted by atomic mass is 16.1. The molecule has 1 atom stereocenters. The van der Waals surface area contributed by atoms with Gasteiger partial charge >= 0.3 is 0 Å². The molecule has 3 N–H and O–H groups in total. The summed E-state index contributed by atoms with van der Waals surface area (Å²) in [7, 11) is 0. The van der Waals surface area contributed by atoms with Crippen LogP contribution in [-0.4, -0.2) is 47.0 Å². The van der Waals surface area contributed by atoms with E-state index in [4.69, 9.17) is 5.73 Å². The number of nitrogens with one attached hydrogen (secondary N) is 1. The van der Waals surface area contributed by atoms with Gasteiger partial charge in [0, 0.05) is 13.1 Å². The van der Waals surface area contributed by atoms with Crippen molar-refractivity contribution in [3.63, 3.8) is 0 Å². The van der Waals surface area contributed by atoms with Gasteiger partial charge in [0.05, 0.1) is 12.4 Å². The van der Waals surface area contributed by atoms with Crippen molar-refractivity contribution < 1.29 is 4.79 Å². The molecular formula is C13H21N5O. The summed E-state index contributed by atoms with van der Waals surface area (Å²) in [5.74, 6) is 0.696. The van der Waals surface area contributed by atoms with E-state index in [2.05, 4.69) is 27.1 Å². The number of nitrogens with zero attached hydrogens (tertiary/aromatic N) is 3. The number of carbonyl (C=O) groups excluding carboxylic acids is 1. The van der Waals surface area contributed by atoms with E-state index in [1.54, 1.807) is 6.20 Å². The number of nitrogens with two attached hydrogens (primary N) is 1. The van der Waals surface area contributed by atoms with E-state index in [0.29, 0.717) is 11.7 Å². The topological polar surface area (TPSA) is 84.1 Å². The molecule has 0 bridgehead atoms. The number of likely N-dealkylation sites (tertiary alicyclic amines) is 1. The van der Waals surface area contributed by atoms with Crippen LogP contribution in [0.15, 0.2) is 12.4 Å².